The summed E-state index contributed by atoms with van der Waals surface area (Å²) < 4.78 is 16.9. The number of hydrogen-bond donors (Lipinski definition) is 0. The minimum Gasteiger partial charge on any atom is -0.462 e. The summed E-state index contributed by atoms with van der Waals surface area (Å²) in [4.78, 5) is 38.3. The summed E-state index contributed by atoms with van der Waals surface area (Å²) in [5.74, 6) is -0.936. The zero-order valence-corrected chi connectivity index (χ0v) is 47.6. The molecule has 0 fully saturated rings. The maximum atomic E-state index is 12.9. The minimum absolute atomic E-state index is 0.0933. The van der Waals surface area contributed by atoms with Crippen LogP contribution in [0.25, 0.3) is 0 Å². The highest BCUT2D eigenvalue weighted by Crippen LogP contribution is 2.16. The Morgan fingerprint density at radius 2 is 0.534 bits per heavy atom. The Labute approximate surface area is 450 Å². The quantitative estimate of drug-likeness (QED) is 0.0261. The fourth-order valence-electron chi connectivity index (χ4n) is 8.42. The number of rotatable bonds is 54. The topological polar surface area (TPSA) is 78.9 Å². The number of hydrogen-bond acceptors (Lipinski definition) is 6. The lowest BCUT2D eigenvalue weighted by molar-refractivity contribution is -0.167. The number of unbranched alkanes of at least 4 members (excludes halogenated alkanes) is 32. The molecule has 1 atom stereocenters. The summed E-state index contributed by atoms with van der Waals surface area (Å²) in [6.07, 6.45) is 82.2. The van der Waals surface area contributed by atoms with Gasteiger partial charge in [0.2, 0.25) is 0 Å². The zero-order valence-electron chi connectivity index (χ0n) is 47.6. The Morgan fingerprint density at radius 3 is 0.890 bits per heavy atom. The van der Waals surface area contributed by atoms with Crippen LogP contribution in [-0.4, -0.2) is 37.2 Å². The molecule has 6 heteroatoms. The molecule has 0 saturated carbocycles. The van der Waals surface area contributed by atoms with Crippen molar-refractivity contribution in [1.82, 2.24) is 0 Å². The first-order valence-corrected chi connectivity index (χ1v) is 30.5. The van der Waals surface area contributed by atoms with E-state index in [-0.39, 0.29) is 31.1 Å². The highest BCUT2D eigenvalue weighted by atomic mass is 16.6. The normalized spacial score (nSPS) is 12.9. The second kappa shape index (κ2) is 60.6. The van der Waals surface area contributed by atoms with Crippen LogP contribution < -0.4 is 0 Å². The summed E-state index contributed by atoms with van der Waals surface area (Å²) in [5.41, 5.74) is 0. The van der Waals surface area contributed by atoms with Gasteiger partial charge >= 0.3 is 17.9 Å². The predicted octanol–water partition coefficient (Wildman–Crippen LogP) is 20.7. The van der Waals surface area contributed by atoms with Crippen LogP contribution in [0.4, 0.5) is 0 Å². The van der Waals surface area contributed by atoms with E-state index in [0.717, 1.165) is 70.6 Å². The van der Waals surface area contributed by atoms with Gasteiger partial charge in [0.25, 0.3) is 0 Å². The fourth-order valence-corrected chi connectivity index (χ4v) is 8.42. The molecular formula is C67H112O6. The maximum Gasteiger partial charge on any atom is 0.306 e. The van der Waals surface area contributed by atoms with Crippen molar-refractivity contribution < 1.29 is 28.6 Å². The number of ether oxygens (including phenoxy) is 3. The van der Waals surface area contributed by atoms with Gasteiger partial charge < -0.3 is 14.2 Å². The van der Waals surface area contributed by atoms with E-state index in [1.54, 1.807) is 0 Å². The molecule has 0 aliphatic rings. The van der Waals surface area contributed by atoms with Crippen molar-refractivity contribution in [3.8, 4) is 0 Å². The monoisotopic (exact) mass is 1010 g/mol. The first-order chi connectivity index (χ1) is 36.0. The van der Waals surface area contributed by atoms with E-state index in [2.05, 4.69) is 57.2 Å². The van der Waals surface area contributed by atoms with Gasteiger partial charge in [0.15, 0.2) is 6.10 Å². The second-order valence-corrected chi connectivity index (χ2v) is 20.1. The molecule has 0 aromatic rings. The average Bonchev–Trinajstić information content (AvgIpc) is 3.39. The molecule has 0 aromatic carbocycles. The lowest BCUT2D eigenvalue weighted by Crippen LogP contribution is -2.30. The molecular weight excluding hydrogens is 901 g/mol. The fraction of sp³-hybridized carbons (Fsp3) is 0.687. The number of carbonyl (C=O) groups is 3. The van der Waals surface area contributed by atoms with E-state index in [1.807, 2.05) is 72.9 Å². The summed E-state index contributed by atoms with van der Waals surface area (Å²) in [6.45, 7) is 6.45. The Hall–Kier alpha value is -3.93. The van der Waals surface area contributed by atoms with Crippen molar-refractivity contribution in [2.45, 2.75) is 284 Å². The third-order valence-electron chi connectivity index (χ3n) is 13.0. The lowest BCUT2D eigenvalue weighted by atomic mass is 10.0. The lowest BCUT2D eigenvalue weighted by Gasteiger charge is -2.18. The van der Waals surface area contributed by atoms with E-state index in [9.17, 15) is 14.4 Å². The summed E-state index contributed by atoms with van der Waals surface area (Å²) in [6, 6.07) is 0. The van der Waals surface area contributed by atoms with Crippen LogP contribution in [0, 0.1) is 0 Å². The van der Waals surface area contributed by atoms with Gasteiger partial charge in [0.1, 0.15) is 13.2 Å². The van der Waals surface area contributed by atoms with Crippen molar-refractivity contribution in [3.05, 3.63) is 109 Å². The Morgan fingerprint density at radius 1 is 0.288 bits per heavy atom. The third kappa shape index (κ3) is 58.8. The molecule has 6 nitrogen and oxygen atoms in total. The standard InChI is InChI=1S/C67H112O6/c1-4-7-10-13-16-19-22-25-28-31-33-36-39-42-45-48-51-54-57-60-66(69)72-63-64(62-71-65(68)59-56-53-50-47-44-41-38-35-30-27-24-21-18-15-12-9-6-3)73-67(70)61-58-55-52-49-46-43-40-37-34-32-29-26-23-20-17-14-11-8-5-2/h7,10,13,16-17,19-20,22-23,25-26,28,31,33,36,39,42,45,64H,4-6,8-9,11-12,14-15,18,21,24,27,29-30,32,34-35,37-38,40-41,43-44,46-63H2,1-3H3/b10-7-,16-13-,20-17-,22-19-,26-23-,28-25-,33-31+,39-36-,45-42-. The molecule has 0 spiro atoms. The van der Waals surface area contributed by atoms with Gasteiger partial charge in [0, 0.05) is 19.3 Å². The first-order valence-electron chi connectivity index (χ1n) is 30.5. The van der Waals surface area contributed by atoms with E-state index >= 15 is 0 Å². The van der Waals surface area contributed by atoms with Crippen molar-refractivity contribution in [3.63, 3.8) is 0 Å². The largest absolute Gasteiger partial charge is 0.462 e. The summed E-state index contributed by atoms with van der Waals surface area (Å²) in [7, 11) is 0. The van der Waals surface area contributed by atoms with Crippen molar-refractivity contribution >= 4 is 17.9 Å². The molecule has 416 valence electrons. The molecule has 1 unspecified atom stereocenters. The predicted molar refractivity (Wildman–Crippen MR) is 316 cm³/mol. The molecule has 73 heavy (non-hydrogen) atoms. The van der Waals surface area contributed by atoms with Gasteiger partial charge in [-0.1, -0.05) is 304 Å². The van der Waals surface area contributed by atoms with Crippen molar-refractivity contribution in [2.24, 2.45) is 0 Å². The second-order valence-electron chi connectivity index (χ2n) is 20.1. The van der Waals surface area contributed by atoms with Crippen LogP contribution in [0.5, 0.6) is 0 Å². The number of esters is 3. The first kappa shape index (κ1) is 69.1. The Balaban J connectivity index is 4.48. The van der Waals surface area contributed by atoms with E-state index in [4.69, 9.17) is 14.2 Å². The van der Waals surface area contributed by atoms with Crippen LogP contribution in [0.2, 0.25) is 0 Å². The van der Waals surface area contributed by atoms with Gasteiger partial charge in [-0.05, 0) is 64.2 Å². The van der Waals surface area contributed by atoms with Crippen LogP contribution in [0.1, 0.15) is 278 Å². The molecule has 0 amide bonds. The number of carbonyl (C=O) groups excluding carboxylic acids is 3. The summed E-state index contributed by atoms with van der Waals surface area (Å²) in [5, 5.41) is 0. The van der Waals surface area contributed by atoms with Gasteiger partial charge in [-0.3, -0.25) is 14.4 Å². The van der Waals surface area contributed by atoms with Gasteiger partial charge in [-0.2, -0.15) is 0 Å². The molecule has 0 aliphatic heterocycles. The van der Waals surface area contributed by atoms with Crippen LogP contribution in [0.15, 0.2) is 109 Å². The van der Waals surface area contributed by atoms with E-state index in [0.29, 0.717) is 19.3 Å². The van der Waals surface area contributed by atoms with Crippen LogP contribution in [0.3, 0.4) is 0 Å². The zero-order chi connectivity index (χ0) is 52.9. The molecule has 0 N–H and O–H groups in total. The highest BCUT2D eigenvalue weighted by molar-refractivity contribution is 5.71. The minimum atomic E-state index is -0.801. The molecule has 0 heterocycles. The maximum absolute atomic E-state index is 12.9. The molecule has 0 saturated heterocycles. The molecule has 0 aliphatic carbocycles. The molecule has 0 radical (unpaired) electrons. The van der Waals surface area contributed by atoms with Gasteiger partial charge in [-0.15, -0.1) is 0 Å². The van der Waals surface area contributed by atoms with Gasteiger partial charge in [-0.25, -0.2) is 0 Å². The van der Waals surface area contributed by atoms with Crippen molar-refractivity contribution in [2.75, 3.05) is 13.2 Å². The SMILES string of the molecule is CC\C=C/C=C\C=C/C=C\C=C\C=C/C=C\CCCCCC(=O)OCC(COC(=O)CCCCCCCCCCCCCCCCCCC)OC(=O)CCCCCCCCCCCC/C=C\C=C/CCCCC. The van der Waals surface area contributed by atoms with Crippen molar-refractivity contribution in [1.29, 1.82) is 0 Å². The van der Waals surface area contributed by atoms with E-state index < -0.39 is 6.10 Å². The smallest absolute Gasteiger partial charge is 0.306 e. The van der Waals surface area contributed by atoms with Gasteiger partial charge in [0.05, 0.1) is 0 Å². The third-order valence-corrected chi connectivity index (χ3v) is 13.0. The molecule has 0 rings (SSSR count). The average molecular weight is 1010 g/mol. The number of allylic oxidation sites excluding steroid dienone is 18. The summed E-state index contributed by atoms with van der Waals surface area (Å²) >= 11 is 0. The van der Waals surface area contributed by atoms with Crippen LogP contribution in [-0.2, 0) is 28.6 Å². The molecule has 0 aromatic heterocycles. The Bertz CT molecular complexity index is 1490. The molecule has 0 bridgehead atoms. The van der Waals surface area contributed by atoms with Crippen LogP contribution >= 0.6 is 0 Å². The van der Waals surface area contributed by atoms with E-state index in [1.165, 1.54) is 167 Å². The Kier molecular flexibility index (Phi) is 57.4. The highest BCUT2D eigenvalue weighted by Gasteiger charge is 2.19.